The molecule has 0 atom stereocenters. The van der Waals surface area contributed by atoms with Gasteiger partial charge in [-0.25, -0.2) is 19.3 Å². The van der Waals surface area contributed by atoms with Gasteiger partial charge in [0.15, 0.2) is 17.4 Å². The Hall–Kier alpha value is -3.72. The van der Waals surface area contributed by atoms with E-state index < -0.39 is 17.7 Å². The number of halogens is 5. The second kappa shape index (κ2) is 9.41. The van der Waals surface area contributed by atoms with Gasteiger partial charge in [-0.05, 0) is 48.5 Å². The number of para-hydroxylation sites is 1. The minimum Gasteiger partial charge on any atom is -0.454 e. The summed E-state index contributed by atoms with van der Waals surface area (Å²) in [6.45, 7) is 0.188. The van der Waals surface area contributed by atoms with Crippen LogP contribution in [-0.2, 0) is 12.7 Å². The van der Waals surface area contributed by atoms with Gasteiger partial charge in [-0.2, -0.15) is 13.2 Å². The van der Waals surface area contributed by atoms with Crippen LogP contribution in [0, 0.1) is 5.82 Å². The number of nitrogens with zero attached hydrogens (tertiary/aromatic N) is 3. The number of anilines is 1. The Labute approximate surface area is 191 Å². The first-order valence-electron chi connectivity index (χ1n) is 9.60. The van der Waals surface area contributed by atoms with E-state index in [2.05, 4.69) is 20.3 Å². The molecule has 0 fully saturated rings. The van der Waals surface area contributed by atoms with E-state index in [1.165, 1.54) is 18.2 Å². The van der Waals surface area contributed by atoms with E-state index in [-0.39, 0.29) is 23.1 Å². The van der Waals surface area contributed by atoms with E-state index in [1.807, 2.05) is 0 Å². The molecule has 0 aliphatic rings. The van der Waals surface area contributed by atoms with Gasteiger partial charge in [-0.3, -0.25) is 0 Å². The minimum atomic E-state index is -4.60. The van der Waals surface area contributed by atoms with Crippen molar-refractivity contribution in [1.82, 2.24) is 15.0 Å². The van der Waals surface area contributed by atoms with E-state index in [1.54, 1.807) is 48.8 Å². The number of rotatable bonds is 6. The molecule has 1 N–H and O–H groups in total. The molecule has 2 heterocycles. The molecule has 0 spiro atoms. The van der Waals surface area contributed by atoms with Gasteiger partial charge in [0.1, 0.15) is 16.6 Å². The second-order valence-corrected chi connectivity index (χ2v) is 7.27. The first-order valence-corrected chi connectivity index (χ1v) is 9.98. The summed E-state index contributed by atoms with van der Waals surface area (Å²) in [7, 11) is 0. The van der Waals surface area contributed by atoms with Crippen molar-refractivity contribution >= 4 is 17.3 Å². The summed E-state index contributed by atoms with van der Waals surface area (Å²) in [5.41, 5.74) is 0.467. The molecule has 0 aliphatic carbocycles. The van der Waals surface area contributed by atoms with Crippen molar-refractivity contribution in [2.24, 2.45) is 0 Å². The van der Waals surface area contributed by atoms with Crippen LogP contribution in [0.2, 0.25) is 5.15 Å². The number of nitrogens with one attached hydrogen (secondary N) is 1. The van der Waals surface area contributed by atoms with Crippen LogP contribution in [0.4, 0.5) is 23.2 Å². The third kappa shape index (κ3) is 5.75. The Morgan fingerprint density at radius 2 is 1.64 bits per heavy atom. The van der Waals surface area contributed by atoms with E-state index in [9.17, 15) is 17.6 Å². The molecule has 5 nitrogen and oxygen atoms in total. The van der Waals surface area contributed by atoms with Crippen molar-refractivity contribution in [3.63, 3.8) is 0 Å². The van der Waals surface area contributed by atoms with E-state index in [0.717, 1.165) is 6.07 Å². The molecular weight excluding hydrogens is 460 g/mol. The van der Waals surface area contributed by atoms with Crippen LogP contribution >= 0.6 is 11.6 Å². The van der Waals surface area contributed by atoms with Crippen LogP contribution in [0.15, 0.2) is 73.1 Å². The molecule has 0 amide bonds. The van der Waals surface area contributed by atoms with Crippen LogP contribution in [-0.4, -0.2) is 15.0 Å². The Morgan fingerprint density at radius 1 is 0.939 bits per heavy atom. The summed E-state index contributed by atoms with van der Waals surface area (Å²) in [6.07, 6.45) is -1.47. The molecule has 33 heavy (non-hydrogen) atoms. The zero-order valence-corrected chi connectivity index (χ0v) is 17.5. The normalized spacial score (nSPS) is 11.3. The molecule has 4 aromatic rings. The molecule has 4 rings (SSSR count). The molecule has 0 saturated carbocycles. The molecule has 0 radical (unpaired) electrons. The van der Waals surface area contributed by atoms with Gasteiger partial charge >= 0.3 is 6.18 Å². The number of hydrogen-bond acceptors (Lipinski definition) is 5. The number of alkyl halides is 3. The molecule has 0 saturated heterocycles. The maximum atomic E-state index is 13.7. The Kier molecular flexibility index (Phi) is 6.41. The van der Waals surface area contributed by atoms with Gasteiger partial charge < -0.3 is 10.1 Å². The summed E-state index contributed by atoms with van der Waals surface area (Å²) in [5.74, 6) is 0.565. The molecule has 10 heteroatoms. The third-order valence-electron chi connectivity index (χ3n) is 4.46. The molecule has 0 aliphatic heterocycles. The molecule has 0 unspecified atom stereocenters. The van der Waals surface area contributed by atoms with Gasteiger partial charge in [0.2, 0.25) is 0 Å². The summed E-state index contributed by atoms with van der Waals surface area (Å²) < 4.78 is 57.9. The Morgan fingerprint density at radius 3 is 2.30 bits per heavy atom. The monoisotopic (exact) mass is 474 g/mol. The van der Waals surface area contributed by atoms with Gasteiger partial charge in [0.25, 0.3) is 0 Å². The van der Waals surface area contributed by atoms with E-state index in [4.69, 9.17) is 16.3 Å². The van der Waals surface area contributed by atoms with Gasteiger partial charge in [-0.15, -0.1) is 0 Å². The summed E-state index contributed by atoms with van der Waals surface area (Å²) in [5, 5.41) is 2.59. The lowest BCUT2D eigenvalue weighted by atomic mass is 10.2. The summed E-state index contributed by atoms with van der Waals surface area (Å²) >= 11 is 5.69. The average Bonchev–Trinajstić information content (AvgIpc) is 2.79. The minimum absolute atomic E-state index is 0.121. The number of benzene rings is 2. The van der Waals surface area contributed by atoms with Crippen molar-refractivity contribution in [3.05, 3.63) is 95.3 Å². The summed E-state index contributed by atoms with van der Waals surface area (Å²) in [6, 6.07) is 15.1. The van der Waals surface area contributed by atoms with E-state index >= 15 is 0 Å². The fraction of sp³-hybridized carbons (Fsp3) is 0.0870. The molecule has 0 bridgehead atoms. The summed E-state index contributed by atoms with van der Waals surface area (Å²) in [4.78, 5) is 11.9. The van der Waals surface area contributed by atoms with Crippen molar-refractivity contribution < 1.29 is 22.3 Å². The maximum Gasteiger partial charge on any atom is 0.433 e. The molecular formula is C23H15ClF4N4O. The van der Waals surface area contributed by atoms with Crippen molar-refractivity contribution in [3.8, 4) is 22.9 Å². The molecule has 168 valence electrons. The van der Waals surface area contributed by atoms with Crippen LogP contribution in [0.3, 0.4) is 0 Å². The number of aromatic nitrogens is 3. The first kappa shape index (κ1) is 22.5. The zero-order valence-electron chi connectivity index (χ0n) is 16.8. The van der Waals surface area contributed by atoms with Gasteiger partial charge in [-0.1, -0.05) is 23.7 Å². The topological polar surface area (TPSA) is 59.9 Å². The zero-order chi connectivity index (χ0) is 23.4. The fourth-order valence-corrected chi connectivity index (χ4v) is 3.08. The Balaban J connectivity index is 1.40. The van der Waals surface area contributed by atoms with E-state index in [0.29, 0.717) is 22.7 Å². The van der Waals surface area contributed by atoms with Gasteiger partial charge in [0.05, 0.1) is 0 Å². The number of ether oxygens (including phenoxy) is 1. The Bertz CT molecular complexity index is 1250. The average molecular weight is 475 g/mol. The highest BCUT2D eigenvalue weighted by Crippen LogP contribution is 2.31. The highest BCUT2D eigenvalue weighted by atomic mass is 35.5. The van der Waals surface area contributed by atoms with Crippen LogP contribution in [0.5, 0.6) is 11.5 Å². The smallest absolute Gasteiger partial charge is 0.433 e. The van der Waals surface area contributed by atoms with Gasteiger partial charge in [0, 0.05) is 35.8 Å². The third-order valence-corrected chi connectivity index (χ3v) is 4.66. The highest BCUT2D eigenvalue weighted by molar-refractivity contribution is 6.29. The standard InChI is InChI=1S/C23H15ClF4N4O/c24-21-10-16(9-20(32-21)23(26,27)28)29-11-14-12-30-22(31-13-14)15-5-7-17(8-6-15)33-19-4-2-1-3-18(19)25/h1-10,12-13H,11H2,(H,29,32). The van der Waals surface area contributed by atoms with Crippen LogP contribution in [0.1, 0.15) is 11.3 Å². The highest BCUT2D eigenvalue weighted by Gasteiger charge is 2.33. The van der Waals surface area contributed by atoms with Crippen molar-refractivity contribution in [1.29, 1.82) is 0 Å². The lowest BCUT2D eigenvalue weighted by Crippen LogP contribution is -2.09. The maximum absolute atomic E-state index is 13.7. The SMILES string of the molecule is Fc1ccccc1Oc1ccc(-c2ncc(CNc3cc(Cl)nc(C(F)(F)F)c3)cn2)cc1. The predicted molar refractivity (Wildman–Crippen MR) is 116 cm³/mol. The fourth-order valence-electron chi connectivity index (χ4n) is 2.87. The lowest BCUT2D eigenvalue weighted by molar-refractivity contribution is -0.141. The van der Waals surface area contributed by atoms with Crippen LogP contribution in [0.25, 0.3) is 11.4 Å². The second-order valence-electron chi connectivity index (χ2n) is 6.89. The largest absolute Gasteiger partial charge is 0.454 e. The van der Waals surface area contributed by atoms with Crippen molar-refractivity contribution in [2.75, 3.05) is 5.32 Å². The first-order chi connectivity index (χ1) is 15.8. The van der Waals surface area contributed by atoms with Crippen LogP contribution < -0.4 is 10.1 Å². The van der Waals surface area contributed by atoms with Crippen molar-refractivity contribution in [2.45, 2.75) is 12.7 Å². The number of pyridine rings is 1. The predicted octanol–water partition coefficient (Wildman–Crippen LogP) is 6.75. The lowest BCUT2D eigenvalue weighted by Gasteiger charge is -2.11. The molecule has 2 aromatic heterocycles. The molecule has 2 aromatic carbocycles. The number of hydrogen-bond donors (Lipinski definition) is 1. The quantitative estimate of drug-likeness (QED) is 0.247.